The standard InChI is InChI=1S/C15H19F3N4O2/c1-21-12-4-2-3-11(10(12)6-19-21)20-14(24)9-5-13(23)22(7-9)8-15(16,17)18/h6,9,11H,2-5,7-8H2,1H3,(H,20,24). The molecule has 3 rings (SSSR count). The molecular weight excluding hydrogens is 325 g/mol. The molecule has 0 spiro atoms. The summed E-state index contributed by atoms with van der Waals surface area (Å²) < 4.78 is 39.1. The second-order valence-corrected chi connectivity index (χ2v) is 6.41. The van der Waals surface area contributed by atoms with Gasteiger partial charge in [0.05, 0.1) is 18.2 Å². The number of carbonyl (C=O) groups excluding carboxylic acids is 2. The first kappa shape index (κ1) is 16.8. The van der Waals surface area contributed by atoms with E-state index in [2.05, 4.69) is 10.4 Å². The van der Waals surface area contributed by atoms with Crippen LogP contribution in [0.5, 0.6) is 0 Å². The molecule has 1 aromatic heterocycles. The topological polar surface area (TPSA) is 67.2 Å². The number of nitrogens with zero attached hydrogens (tertiary/aromatic N) is 3. The minimum atomic E-state index is -4.45. The number of aromatic nitrogens is 2. The summed E-state index contributed by atoms with van der Waals surface area (Å²) in [6, 6.07) is -0.193. The van der Waals surface area contributed by atoms with Gasteiger partial charge in [-0.25, -0.2) is 0 Å². The van der Waals surface area contributed by atoms with Crippen LogP contribution in [0.4, 0.5) is 13.2 Å². The number of nitrogens with one attached hydrogen (secondary N) is 1. The van der Waals surface area contributed by atoms with E-state index in [4.69, 9.17) is 0 Å². The predicted octanol–water partition coefficient (Wildman–Crippen LogP) is 1.32. The molecule has 2 aliphatic rings. The minimum Gasteiger partial charge on any atom is -0.349 e. The Bertz CT molecular complexity index is 656. The maximum atomic E-state index is 12.4. The van der Waals surface area contributed by atoms with E-state index in [-0.39, 0.29) is 24.9 Å². The highest BCUT2D eigenvalue weighted by Crippen LogP contribution is 2.30. The normalized spacial score (nSPS) is 24.2. The number of likely N-dealkylation sites (tertiary alicyclic amines) is 1. The Morgan fingerprint density at radius 3 is 2.92 bits per heavy atom. The Balaban J connectivity index is 1.63. The van der Waals surface area contributed by atoms with Crippen molar-refractivity contribution >= 4 is 11.8 Å². The number of halogens is 3. The van der Waals surface area contributed by atoms with Gasteiger partial charge in [-0.3, -0.25) is 14.3 Å². The van der Waals surface area contributed by atoms with Gasteiger partial charge in [-0.2, -0.15) is 18.3 Å². The number of alkyl halides is 3. The van der Waals surface area contributed by atoms with Gasteiger partial charge in [0.25, 0.3) is 0 Å². The van der Waals surface area contributed by atoms with Crippen LogP contribution in [-0.2, 0) is 23.1 Å². The van der Waals surface area contributed by atoms with E-state index in [1.807, 2.05) is 7.05 Å². The molecule has 0 aromatic carbocycles. The average Bonchev–Trinajstić information content (AvgIpc) is 3.03. The quantitative estimate of drug-likeness (QED) is 0.899. The fourth-order valence-electron chi connectivity index (χ4n) is 3.46. The number of carbonyl (C=O) groups is 2. The Morgan fingerprint density at radius 2 is 2.21 bits per heavy atom. The van der Waals surface area contributed by atoms with Gasteiger partial charge in [-0.05, 0) is 19.3 Å². The van der Waals surface area contributed by atoms with Crippen LogP contribution in [-0.4, -0.2) is 45.8 Å². The molecule has 1 aliphatic heterocycles. The first-order valence-electron chi connectivity index (χ1n) is 7.90. The highest BCUT2D eigenvalue weighted by atomic mass is 19.4. The highest BCUT2D eigenvalue weighted by Gasteiger charge is 2.41. The van der Waals surface area contributed by atoms with Crippen molar-refractivity contribution in [3.05, 3.63) is 17.5 Å². The van der Waals surface area contributed by atoms with Crippen molar-refractivity contribution in [3.8, 4) is 0 Å². The van der Waals surface area contributed by atoms with Gasteiger partial charge in [-0.1, -0.05) is 0 Å². The van der Waals surface area contributed by atoms with Crippen molar-refractivity contribution in [3.63, 3.8) is 0 Å². The van der Waals surface area contributed by atoms with Crippen molar-refractivity contribution in [1.82, 2.24) is 20.0 Å². The van der Waals surface area contributed by atoms with Gasteiger partial charge >= 0.3 is 6.18 Å². The molecule has 1 fully saturated rings. The number of hydrogen-bond acceptors (Lipinski definition) is 3. The highest BCUT2D eigenvalue weighted by molar-refractivity contribution is 5.89. The Morgan fingerprint density at radius 1 is 1.46 bits per heavy atom. The monoisotopic (exact) mass is 344 g/mol. The third kappa shape index (κ3) is 3.39. The molecule has 2 heterocycles. The number of rotatable bonds is 3. The molecule has 132 valence electrons. The zero-order chi connectivity index (χ0) is 17.5. The van der Waals surface area contributed by atoms with Crippen LogP contribution in [0, 0.1) is 5.92 Å². The molecule has 1 N–H and O–H groups in total. The lowest BCUT2D eigenvalue weighted by Gasteiger charge is -2.25. The van der Waals surface area contributed by atoms with Crippen molar-refractivity contribution in [2.45, 2.75) is 37.9 Å². The van der Waals surface area contributed by atoms with E-state index in [9.17, 15) is 22.8 Å². The Kier molecular flexibility index (Phi) is 4.27. The van der Waals surface area contributed by atoms with Gasteiger partial charge < -0.3 is 10.2 Å². The number of fused-ring (bicyclic) bond motifs is 1. The van der Waals surface area contributed by atoms with E-state index in [1.165, 1.54) is 0 Å². The zero-order valence-corrected chi connectivity index (χ0v) is 13.3. The van der Waals surface area contributed by atoms with Crippen molar-refractivity contribution in [2.75, 3.05) is 13.1 Å². The molecule has 9 heteroatoms. The third-order valence-corrected chi connectivity index (χ3v) is 4.65. The molecule has 1 aromatic rings. The second-order valence-electron chi connectivity index (χ2n) is 6.41. The molecule has 1 saturated heterocycles. The Labute approximate surface area is 137 Å². The molecule has 1 aliphatic carbocycles. The molecule has 0 saturated carbocycles. The van der Waals surface area contributed by atoms with Crippen LogP contribution < -0.4 is 5.32 Å². The molecular formula is C15H19F3N4O2. The summed E-state index contributed by atoms with van der Waals surface area (Å²) in [6.07, 6.45) is -0.350. The molecule has 0 bridgehead atoms. The maximum Gasteiger partial charge on any atom is 0.406 e. The van der Waals surface area contributed by atoms with Gasteiger partial charge in [0.2, 0.25) is 11.8 Å². The number of aryl methyl sites for hydroxylation is 1. The van der Waals surface area contributed by atoms with Gasteiger partial charge in [0.1, 0.15) is 6.54 Å². The van der Waals surface area contributed by atoms with E-state index in [0.29, 0.717) is 4.90 Å². The van der Waals surface area contributed by atoms with Crippen LogP contribution in [0.1, 0.15) is 36.6 Å². The van der Waals surface area contributed by atoms with Gasteiger partial charge in [0, 0.05) is 31.3 Å². The zero-order valence-electron chi connectivity index (χ0n) is 13.3. The molecule has 24 heavy (non-hydrogen) atoms. The average molecular weight is 344 g/mol. The van der Waals surface area contributed by atoms with Crippen molar-refractivity contribution in [2.24, 2.45) is 13.0 Å². The summed E-state index contributed by atoms with van der Waals surface area (Å²) in [4.78, 5) is 24.8. The molecule has 0 radical (unpaired) electrons. The summed E-state index contributed by atoms with van der Waals surface area (Å²) in [5, 5.41) is 7.08. The first-order valence-corrected chi connectivity index (χ1v) is 7.90. The predicted molar refractivity (Wildman–Crippen MR) is 77.8 cm³/mol. The summed E-state index contributed by atoms with van der Waals surface area (Å²) in [5.41, 5.74) is 2.02. The summed E-state index contributed by atoms with van der Waals surface area (Å²) >= 11 is 0. The van der Waals surface area contributed by atoms with E-state index < -0.39 is 24.5 Å². The van der Waals surface area contributed by atoms with E-state index in [0.717, 1.165) is 30.5 Å². The van der Waals surface area contributed by atoms with Crippen molar-refractivity contribution < 1.29 is 22.8 Å². The molecule has 2 amide bonds. The van der Waals surface area contributed by atoms with Crippen LogP contribution in [0.25, 0.3) is 0 Å². The Hall–Kier alpha value is -2.06. The lowest BCUT2D eigenvalue weighted by molar-refractivity contribution is -0.157. The van der Waals surface area contributed by atoms with E-state index >= 15 is 0 Å². The third-order valence-electron chi connectivity index (χ3n) is 4.65. The fourth-order valence-corrected chi connectivity index (χ4v) is 3.46. The van der Waals surface area contributed by atoms with Crippen LogP contribution in [0.2, 0.25) is 0 Å². The second kappa shape index (κ2) is 6.10. The number of amides is 2. The summed E-state index contributed by atoms with van der Waals surface area (Å²) in [6.45, 7) is -1.48. The van der Waals surface area contributed by atoms with Gasteiger partial charge in [-0.15, -0.1) is 0 Å². The van der Waals surface area contributed by atoms with Crippen molar-refractivity contribution in [1.29, 1.82) is 0 Å². The molecule has 2 unspecified atom stereocenters. The molecule has 2 atom stereocenters. The van der Waals surface area contributed by atoms with Crippen LogP contribution in [0.15, 0.2) is 6.20 Å². The van der Waals surface area contributed by atoms with Crippen LogP contribution in [0.3, 0.4) is 0 Å². The molecule has 6 nitrogen and oxygen atoms in total. The lowest BCUT2D eigenvalue weighted by Crippen LogP contribution is -2.38. The largest absolute Gasteiger partial charge is 0.406 e. The fraction of sp³-hybridized carbons (Fsp3) is 0.667. The summed E-state index contributed by atoms with van der Waals surface area (Å²) in [7, 11) is 1.84. The first-order chi connectivity index (χ1) is 11.2. The maximum absolute atomic E-state index is 12.4. The SMILES string of the molecule is Cn1ncc2c1CCCC2NC(=O)C1CC(=O)N(CC(F)(F)F)C1. The number of hydrogen-bond donors (Lipinski definition) is 1. The smallest absolute Gasteiger partial charge is 0.349 e. The van der Waals surface area contributed by atoms with E-state index in [1.54, 1.807) is 10.9 Å². The van der Waals surface area contributed by atoms with Gasteiger partial charge in [0.15, 0.2) is 0 Å². The summed E-state index contributed by atoms with van der Waals surface area (Å²) in [5.74, 6) is -1.73. The van der Waals surface area contributed by atoms with Crippen LogP contribution >= 0.6 is 0 Å². The minimum absolute atomic E-state index is 0.172. The lowest BCUT2D eigenvalue weighted by atomic mass is 9.92.